The van der Waals surface area contributed by atoms with Gasteiger partial charge in [0.15, 0.2) is 23.3 Å². The Morgan fingerprint density at radius 3 is 2.62 bits per heavy atom. The highest BCUT2D eigenvalue weighted by atomic mass is 127. The number of aliphatic imine (C=N–C) groups is 1. The minimum Gasteiger partial charge on any atom is -0.493 e. The van der Waals surface area contributed by atoms with Crippen LogP contribution in [0, 0.1) is 0 Å². The van der Waals surface area contributed by atoms with Crippen molar-refractivity contribution in [2.24, 2.45) is 4.99 Å². The van der Waals surface area contributed by atoms with Crippen molar-refractivity contribution in [2.75, 3.05) is 41.4 Å². The second-order valence-electron chi connectivity index (χ2n) is 6.82. The Hall–Kier alpha value is -2.89. The molecule has 0 saturated heterocycles. The summed E-state index contributed by atoms with van der Waals surface area (Å²) in [5.41, 5.74) is 1.83. The lowest BCUT2D eigenvalue weighted by atomic mass is 10.1. The van der Waals surface area contributed by atoms with Gasteiger partial charge in [0.05, 0.1) is 14.2 Å². The van der Waals surface area contributed by atoms with Crippen LogP contribution in [0.4, 0.5) is 0 Å². The number of pyridine rings is 1. The van der Waals surface area contributed by atoms with Gasteiger partial charge in [-0.2, -0.15) is 4.98 Å². The van der Waals surface area contributed by atoms with E-state index in [9.17, 15) is 0 Å². The molecule has 2 aromatic heterocycles. The van der Waals surface area contributed by atoms with Gasteiger partial charge < -0.3 is 24.2 Å². The molecular weight excluding hydrogens is 523 g/mol. The highest BCUT2D eigenvalue weighted by Crippen LogP contribution is 2.27. The fraction of sp³-hybridized carbons (Fsp3) is 0.364. The molecule has 3 aromatic rings. The lowest BCUT2D eigenvalue weighted by Crippen LogP contribution is -2.40. The molecule has 0 fully saturated rings. The molecule has 0 unspecified atom stereocenters. The summed E-state index contributed by atoms with van der Waals surface area (Å²) < 4.78 is 16.0. The fourth-order valence-corrected chi connectivity index (χ4v) is 3.06. The van der Waals surface area contributed by atoms with Crippen molar-refractivity contribution in [1.82, 2.24) is 25.3 Å². The summed E-state index contributed by atoms with van der Waals surface area (Å²) in [6, 6.07) is 11.5. The maximum absolute atomic E-state index is 5.38. The lowest BCUT2D eigenvalue weighted by Gasteiger charge is -2.22. The smallest absolute Gasteiger partial charge is 0.276 e. The number of aromatic nitrogens is 3. The predicted octanol–water partition coefficient (Wildman–Crippen LogP) is 3.06. The summed E-state index contributed by atoms with van der Waals surface area (Å²) in [4.78, 5) is 15.1. The number of halogens is 1. The summed E-state index contributed by atoms with van der Waals surface area (Å²) in [5.74, 6) is 3.30. The van der Waals surface area contributed by atoms with Crippen molar-refractivity contribution >= 4 is 29.9 Å². The van der Waals surface area contributed by atoms with Crippen LogP contribution in [-0.2, 0) is 12.8 Å². The van der Waals surface area contributed by atoms with Gasteiger partial charge in [-0.15, -0.1) is 24.0 Å². The van der Waals surface area contributed by atoms with Gasteiger partial charge in [-0.25, -0.2) is 0 Å². The first-order chi connectivity index (χ1) is 15.1. The number of methoxy groups -OCH3 is 2. The van der Waals surface area contributed by atoms with Gasteiger partial charge in [-0.05, 0) is 36.2 Å². The summed E-state index contributed by atoms with van der Waals surface area (Å²) >= 11 is 0. The molecule has 10 heteroatoms. The van der Waals surface area contributed by atoms with E-state index in [4.69, 9.17) is 14.0 Å². The van der Waals surface area contributed by atoms with Crippen LogP contribution in [0.15, 0.2) is 52.1 Å². The molecule has 0 radical (unpaired) electrons. The first-order valence-corrected chi connectivity index (χ1v) is 10.0. The number of likely N-dealkylation sites (N-methyl/N-ethyl adjacent to an activating group) is 1. The molecule has 0 aliphatic carbocycles. The van der Waals surface area contributed by atoms with Gasteiger partial charge >= 0.3 is 0 Å². The van der Waals surface area contributed by atoms with Crippen molar-refractivity contribution in [3.63, 3.8) is 0 Å². The minimum atomic E-state index is 0. The first kappa shape index (κ1) is 25.4. The third-order valence-corrected chi connectivity index (χ3v) is 4.74. The molecule has 172 valence electrons. The quantitative estimate of drug-likeness (QED) is 0.246. The summed E-state index contributed by atoms with van der Waals surface area (Å²) in [5, 5.41) is 7.36. The van der Waals surface area contributed by atoms with Crippen LogP contribution < -0.4 is 14.8 Å². The Bertz CT molecular complexity index is 996. The zero-order valence-corrected chi connectivity index (χ0v) is 21.1. The number of nitrogens with one attached hydrogen (secondary N) is 1. The molecule has 0 spiro atoms. The molecule has 0 atom stereocenters. The Morgan fingerprint density at radius 1 is 1.12 bits per heavy atom. The van der Waals surface area contributed by atoms with E-state index in [2.05, 4.69) is 30.3 Å². The number of ether oxygens (including phenoxy) is 2. The van der Waals surface area contributed by atoms with Crippen molar-refractivity contribution in [1.29, 1.82) is 0 Å². The first-order valence-electron chi connectivity index (χ1n) is 10.0. The molecule has 3 rings (SSSR count). The average Bonchev–Trinajstić information content (AvgIpc) is 3.29. The monoisotopic (exact) mass is 552 g/mol. The van der Waals surface area contributed by atoms with Crippen molar-refractivity contribution in [2.45, 2.75) is 12.8 Å². The van der Waals surface area contributed by atoms with Crippen LogP contribution in [0.5, 0.6) is 11.5 Å². The molecule has 9 nitrogen and oxygen atoms in total. The van der Waals surface area contributed by atoms with Gasteiger partial charge in [-0.1, -0.05) is 17.3 Å². The topological polar surface area (TPSA) is 97.9 Å². The van der Waals surface area contributed by atoms with Gasteiger partial charge in [0, 0.05) is 39.8 Å². The third-order valence-electron chi connectivity index (χ3n) is 4.74. The number of hydrogen-bond acceptors (Lipinski definition) is 7. The minimum absolute atomic E-state index is 0. The summed E-state index contributed by atoms with van der Waals surface area (Å²) in [7, 11) is 7.05. The van der Waals surface area contributed by atoms with E-state index in [-0.39, 0.29) is 24.0 Å². The molecule has 1 N–H and O–H groups in total. The van der Waals surface area contributed by atoms with E-state index in [1.165, 1.54) is 0 Å². The SMILES string of the molecule is CN=C(NCCc1noc(-c2ccccn2)n1)N(C)CCc1ccc(OC)c(OC)c1.I. The van der Waals surface area contributed by atoms with Crippen molar-refractivity contribution in [3.8, 4) is 23.1 Å². The summed E-state index contributed by atoms with van der Waals surface area (Å²) in [6.07, 6.45) is 3.15. The second-order valence-corrected chi connectivity index (χ2v) is 6.82. The van der Waals surface area contributed by atoms with Gasteiger partial charge in [-0.3, -0.25) is 9.98 Å². The molecule has 1 aromatic carbocycles. The number of benzene rings is 1. The van der Waals surface area contributed by atoms with E-state index in [1.54, 1.807) is 27.5 Å². The number of guanidine groups is 1. The Balaban J connectivity index is 0.00000363. The number of hydrogen-bond donors (Lipinski definition) is 1. The Labute approximate surface area is 205 Å². The molecule has 0 bridgehead atoms. The molecule has 32 heavy (non-hydrogen) atoms. The molecular formula is C22H29IN6O3. The van der Waals surface area contributed by atoms with Crippen LogP contribution in [0.3, 0.4) is 0 Å². The zero-order chi connectivity index (χ0) is 22.1. The highest BCUT2D eigenvalue weighted by molar-refractivity contribution is 14.0. The van der Waals surface area contributed by atoms with Crippen LogP contribution >= 0.6 is 24.0 Å². The lowest BCUT2D eigenvalue weighted by molar-refractivity contribution is 0.354. The number of rotatable bonds is 9. The third kappa shape index (κ3) is 6.81. The number of nitrogens with zero attached hydrogens (tertiary/aromatic N) is 5. The highest BCUT2D eigenvalue weighted by Gasteiger charge is 2.11. The maximum atomic E-state index is 5.38. The van der Waals surface area contributed by atoms with Crippen LogP contribution in [0.25, 0.3) is 11.6 Å². The largest absolute Gasteiger partial charge is 0.493 e. The Morgan fingerprint density at radius 2 is 1.94 bits per heavy atom. The second kappa shape index (κ2) is 12.8. The summed E-state index contributed by atoms with van der Waals surface area (Å²) in [6.45, 7) is 1.43. The van der Waals surface area contributed by atoms with Crippen LogP contribution in [-0.4, -0.2) is 67.4 Å². The fourth-order valence-electron chi connectivity index (χ4n) is 3.06. The van der Waals surface area contributed by atoms with E-state index >= 15 is 0 Å². The van der Waals surface area contributed by atoms with Crippen LogP contribution in [0.2, 0.25) is 0 Å². The predicted molar refractivity (Wildman–Crippen MR) is 134 cm³/mol. The van der Waals surface area contributed by atoms with Crippen molar-refractivity contribution < 1.29 is 14.0 Å². The zero-order valence-electron chi connectivity index (χ0n) is 18.7. The average molecular weight is 552 g/mol. The van der Waals surface area contributed by atoms with Crippen molar-refractivity contribution in [3.05, 3.63) is 54.0 Å². The van der Waals surface area contributed by atoms with Gasteiger partial charge in [0.1, 0.15) is 5.69 Å². The van der Waals surface area contributed by atoms with Gasteiger partial charge in [0.2, 0.25) is 0 Å². The van der Waals surface area contributed by atoms with Gasteiger partial charge in [0.25, 0.3) is 5.89 Å². The molecule has 0 amide bonds. The van der Waals surface area contributed by atoms with Crippen LogP contribution in [0.1, 0.15) is 11.4 Å². The maximum Gasteiger partial charge on any atom is 0.276 e. The normalized spacial score (nSPS) is 10.9. The molecule has 0 aliphatic heterocycles. The van der Waals surface area contributed by atoms with E-state index in [0.29, 0.717) is 30.4 Å². The molecule has 2 heterocycles. The molecule has 0 aliphatic rings. The standard InChI is InChI=1S/C22H28N6O3.HI/c1-23-22(28(2)14-11-16-8-9-18(29-3)19(15-16)30-4)25-13-10-20-26-21(31-27-20)17-7-5-6-12-24-17;/h5-9,12,15H,10-11,13-14H2,1-4H3,(H,23,25);1H. The van der Waals surface area contributed by atoms with E-state index in [1.807, 2.05) is 43.4 Å². The Kier molecular flexibility index (Phi) is 10.2. The van der Waals surface area contributed by atoms with E-state index < -0.39 is 0 Å². The van der Waals surface area contributed by atoms with E-state index in [0.717, 1.165) is 36.0 Å². The molecule has 0 saturated carbocycles.